The Morgan fingerprint density at radius 1 is 1.44 bits per heavy atom. The Hall–Kier alpha value is -1.81. The maximum Gasteiger partial charge on any atom is 0.228 e. The quantitative estimate of drug-likeness (QED) is 0.895. The Balaban J connectivity index is 2.06. The molecule has 4 nitrogen and oxygen atoms in total. The highest BCUT2D eigenvalue weighted by atomic mass is 35.5. The van der Waals surface area contributed by atoms with Crippen molar-refractivity contribution >= 4 is 23.2 Å². The van der Waals surface area contributed by atoms with Gasteiger partial charge in [0, 0.05) is 5.02 Å². The second-order valence-electron chi connectivity index (χ2n) is 4.16. The Kier molecular flexibility index (Phi) is 3.67. The van der Waals surface area contributed by atoms with Gasteiger partial charge in [-0.2, -0.15) is 5.10 Å². The van der Waals surface area contributed by atoms with Gasteiger partial charge in [-0.05, 0) is 31.5 Å². The molecule has 5 heteroatoms. The van der Waals surface area contributed by atoms with E-state index in [0.717, 1.165) is 22.6 Å². The third kappa shape index (κ3) is 2.90. The number of halogens is 1. The highest BCUT2D eigenvalue weighted by Crippen LogP contribution is 2.17. The lowest BCUT2D eigenvalue weighted by atomic mass is 10.1. The van der Waals surface area contributed by atoms with Gasteiger partial charge in [0.15, 0.2) is 0 Å². The summed E-state index contributed by atoms with van der Waals surface area (Å²) in [5.41, 5.74) is 3.28. The maximum atomic E-state index is 11.9. The second kappa shape index (κ2) is 5.23. The van der Waals surface area contributed by atoms with Gasteiger partial charge in [0.1, 0.15) is 0 Å². The summed E-state index contributed by atoms with van der Waals surface area (Å²) in [5, 5.41) is 10.3. The van der Waals surface area contributed by atoms with E-state index in [-0.39, 0.29) is 5.91 Å². The van der Waals surface area contributed by atoms with Crippen molar-refractivity contribution in [2.45, 2.75) is 20.3 Å². The van der Waals surface area contributed by atoms with Crippen LogP contribution in [0.2, 0.25) is 5.02 Å². The van der Waals surface area contributed by atoms with E-state index in [1.165, 1.54) is 0 Å². The third-order valence-electron chi connectivity index (χ3n) is 2.65. The van der Waals surface area contributed by atoms with Crippen molar-refractivity contribution < 1.29 is 4.79 Å². The minimum Gasteiger partial charge on any atom is -0.323 e. The fourth-order valence-electron chi connectivity index (χ4n) is 1.75. The van der Waals surface area contributed by atoms with Crippen LogP contribution < -0.4 is 5.32 Å². The molecular formula is C13H14ClN3O. The monoisotopic (exact) mass is 263 g/mol. The Bertz CT molecular complexity index is 558. The first kappa shape index (κ1) is 12.6. The highest BCUT2D eigenvalue weighted by molar-refractivity contribution is 6.30. The van der Waals surface area contributed by atoms with Gasteiger partial charge >= 0.3 is 0 Å². The van der Waals surface area contributed by atoms with E-state index >= 15 is 0 Å². The standard InChI is InChI=1S/C13H14ClN3O/c1-8-13(9(2)17-16-8)15-12(18)7-10-4-3-5-11(14)6-10/h3-6H,7H2,1-2H3,(H,15,18)(H,16,17). The van der Waals surface area contributed by atoms with Crippen LogP contribution in [0.25, 0.3) is 0 Å². The van der Waals surface area contributed by atoms with E-state index in [2.05, 4.69) is 15.5 Å². The van der Waals surface area contributed by atoms with E-state index in [1.54, 1.807) is 12.1 Å². The Morgan fingerprint density at radius 2 is 2.22 bits per heavy atom. The van der Waals surface area contributed by atoms with Gasteiger partial charge in [0.25, 0.3) is 0 Å². The molecule has 0 atom stereocenters. The maximum absolute atomic E-state index is 11.9. The molecule has 0 fully saturated rings. The first-order valence-corrected chi connectivity index (χ1v) is 6.00. The topological polar surface area (TPSA) is 57.8 Å². The molecule has 0 spiro atoms. The normalized spacial score (nSPS) is 10.4. The van der Waals surface area contributed by atoms with Crippen molar-refractivity contribution in [3.8, 4) is 0 Å². The van der Waals surface area contributed by atoms with E-state index in [9.17, 15) is 4.79 Å². The number of aryl methyl sites for hydroxylation is 2. The van der Waals surface area contributed by atoms with Crippen molar-refractivity contribution in [1.82, 2.24) is 10.2 Å². The molecular weight excluding hydrogens is 250 g/mol. The first-order valence-electron chi connectivity index (χ1n) is 5.62. The zero-order valence-corrected chi connectivity index (χ0v) is 11.0. The van der Waals surface area contributed by atoms with E-state index in [1.807, 2.05) is 26.0 Å². The predicted octanol–water partition coefficient (Wildman–Crippen LogP) is 2.86. The molecule has 0 aliphatic carbocycles. The van der Waals surface area contributed by atoms with Crippen LogP contribution >= 0.6 is 11.6 Å². The van der Waals surface area contributed by atoms with E-state index in [0.29, 0.717) is 11.4 Å². The molecule has 0 radical (unpaired) electrons. The van der Waals surface area contributed by atoms with Gasteiger partial charge in [-0.3, -0.25) is 9.89 Å². The van der Waals surface area contributed by atoms with Gasteiger partial charge < -0.3 is 5.32 Å². The minimum atomic E-state index is -0.0788. The summed E-state index contributed by atoms with van der Waals surface area (Å²) < 4.78 is 0. The number of carbonyl (C=O) groups excluding carboxylic acids is 1. The summed E-state index contributed by atoms with van der Waals surface area (Å²) >= 11 is 5.87. The molecule has 94 valence electrons. The lowest BCUT2D eigenvalue weighted by Gasteiger charge is -2.05. The predicted molar refractivity (Wildman–Crippen MR) is 71.8 cm³/mol. The van der Waals surface area contributed by atoms with Crippen LogP contribution in [-0.4, -0.2) is 16.1 Å². The van der Waals surface area contributed by atoms with Gasteiger partial charge in [-0.25, -0.2) is 0 Å². The summed E-state index contributed by atoms with van der Waals surface area (Å²) in [6.07, 6.45) is 0.296. The second-order valence-corrected chi connectivity index (χ2v) is 4.60. The summed E-state index contributed by atoms with van der Waals surface area (Å²) in [4.78, 5) is 11.9. The molecule has 0 saturated heterocycles. The number of hydrogen-bond acceptors (Lipinski definition) is 2. The van der Waals surface area contributed by atoms with Crippen molar-refractivity contribution in [1.29, 1.82) is 0 Å². The molecule has 2 aromatic rings. The lowest BCUT2D eigenvalue weighted by molar-refractivity contribution is -0.115. The first-order chi connectivity index (χ1) is 8.56. The van der Waals surface area contributed by atoms with Gasteiger partial charge in [-0.1, -0.05) is 23.7 Å². The summed E-state index contributed by atoms with van der Waals surface area (Å²) in [6, 6.07) is 7.28. The third-order valence-corrected chi connectivity index (χ3v) is 2.88. The number of aromatic amines is 1. The van der Waals surface area contributed by atoms with Crippen molar-refractivity contribution in [3.05, 3.63) is 46.2 Å². The summed E-state index contributed by atoms with van der Waals surface area (Å²) in [5.74, 6) is -0.0788. The van der Waals surface area contributed by atoms with Crippen molar-refractivity contribution in [2.24, 2.45) is 0 Å². The number of hydrogen-bond donors (Lipinski definition) is 2. The van der Waals surface area contributed by atoms with Crippen LogP contribution in [0.1, 0.15) is 17.0 Å². The largest absolute Gasteiger partial charge is 0.323 e. The lowest BCUT2D eigenvalue weighted by Crippen LogP contribution is -2.15. The smallest absolute Gasteiger partial charge is 0.228 e. The Morgan fingerprint density at radius 3 is 2.83 bits per heavy atom. The summed E-state index contributed by atoms with van der Waals surface area (Å²) in [6.45, 7) is 3.72. The van der Waals surface area contributed by atoms with Crippen molar-refractivity contribution in [2.75, 3.05) is 5.32 Å². The molecule has 2 rings (SSSR count). The summed E-state index contributed by atoms with van der Waals surface area (Å²) in [7, 11) is 0. The molecule has 0 bridgehead atoms. The number of nitrogens with one attached hydrogen (secondary N) is 2. The average Bonchev–Trinajstić information content (AvgIpc) is 2.61. The number of anilines is 1. The van der Waals surface area contributed by atoms with E-state index < -0.39 is 0 Å². The molecule has 0 saturated carbocycles. The zero-order chi connectivity index (χ0) is 13.1. The molecule has 0 unspecified atom stereocenters. The van der Waals surface area contributed by atoms with Gasteiger partial charge in [0.05, 0.1) is 23.5 Å². The zero-order valence-electron chi connectivity index (χ0n) is 10.2. The fraction of sp³-hybridized carbons (Fsp3) is 0.231. The molecule has 1 heterocycles. The number of rotatable bonds is 3. The molecule has 1 aromatic carbocycles. The number of nitrogens with zero attached hydrogens (tertiary/aromatic N) is 1. The molecule has 18 heavy (non-hydrogen) atoms. The van der Waals surface area contributed by atoms with Crippen LogP contribution in [0.4, 0.5) is 5.69 Å². The fourth-order valence-corrected chi connectivity index (χ4v) is 1.96. The average molecular weight is 264 g/mol. The molecule has 2 N–H and O–H groups in total. The van der Waals surface area contributed by atoms with Gasteiger partial charge in [0.2, 0.25) is 5.91 Å². The van der Waals surface area contributed by atoms with Gasteiger partial charge in [-0.15, -0.1) is 0 Å². The SMILES string of the molecule is Cc1n[nH]c(C)c1NC(=O)Cc1cccc(Cl)c1. The van der Waals surface area contributed by atoms with Crippen LogP contribution in [-0.2, 0) is 11.2 Å². The minimum absolute atomic E-state index is 0.0788. The number of amides is 1. The number of benzene rings is 1. The van der Waals surface area contributed by atoms with Crippen LogP contribution in [0.5, 0.6) is 0 Å². The highest BCUT2D eigenvalue weighted by Gasteiger charge is 2.10. The molecule has 1 aromatic heterocycles. The number of aromatic nitrogens is 2. The number of H-pyrrole nitrogens is 1. The van der Waals surface area contributed by atoms with Crippen LogP contribution in [0.3, 0.4) is 0 Å². The number of carbonyl (C=O) groups is 1. The molecule has 0 aliphatic rings. The Labute approximate surface area is 110 Å². The van der Waals surface area contributed by atoms with Crippen LogP contribution in [0.15, 0.2) is 24.3 Å². The molecule has 1 amide bonds. The van der Waals surface area contributed by atoms with Crippen LogP contribution in [0, 0.1) is 13.8 Å². The van der Waals surface area contributed by atoms with Crippen molar-refractivity contribution in [3.63, 3.8) is 0 Å². The molecule has 0 aliphatic heterocycles. The van der Waals surface area contributed by atoms with E-state index in [4.69, 9.17) is 11.6 Å².